The Kier molecular flexibility index (Phi) is 3.74. The summed E-state index contributed by atoms with van der Waals surface area (Å²) in [5.41, 5.74) is 2.26. The predicted octanol–water partition coefficient (Wildman–Crippen LogP) is 1.39. The largest absolute Gasteiger partial charge is 0.369 e. The smallest absolute Gasteiger partial charge is 0.248 e. The Bertz CT molecular complexity index is 404. The van der Waals surface area contributed by atoms with Gasteiger partial charge in [0, 0.05) is 31.4 Å². The van der Waals surface area contributed by atoms with Gasteiger partial charge in [-0.2, -0.15) is 0 Å². The van der Waals surface area contributed by atoms with Gasteiger partial charge >= 0.3 is 0 Å². The molecule has 0 aromatic carbocycles. The van der Waals surface area contributed by atoms with Gasteiger partial charge in [0.2, 0.25) is 5.91 Å². The van der Waals surface area contributed by atoms with Crippen LogP contribution in [-0.4, -0.2) is 35.0 Å². The summed E-state index contributed by atoms with van der Waals surface area (Å²) in [7, 11) is 0. The number of pyridine rings is 1. The van der Waals surface area contributed by atoms with Gasteiger partial charge in [-0.1, -0.05) is 6.07 Å². The van der Waals surface area contributed by atoms with Crippen LogP contribution in [0.1, 0.15) is 25.1 Å². The zero-order valence-corrected chi connectivity index (χ0v) is 10.3. The number of carbonyl (C=O) groups excluding carboxylic acids is 1. The number of hydrogen-bond donors (Lipinski definition) is 0. The van der Waals surface area contributed by atoms with Gasteiger partial charge in [-0.15, -0.1) is 0 Å². The summed E-state index contributed by atoms with van der Waals surface area (Å²) in [6, 6.07) is 3.95. The molecule has 0 N–H and O–H groups in total. The third-order valence-corrected chi connectivity index (χ3v) is 2.86. The van der Waals surface area contributed by atoms with Gasteiger partial charge in [-0.25, -0.2) is 0 Å². The first kappa shape index (κ1) is 12.0. The van der Waals surface area contributed by atoms with Crippen molar-refractivity contribution in [2.45, 2.75) is 32.9 Å². The van der Waals surface area contributed by atoms with Gasteiger partial charge in [0.1, 0.15) is 6.61 Å². The first-order valence-electron chi connectivity index (χ1n) is 5.99. The Morgan fingerprint density at radius 1 is 1.59 bits per heavy atom. The van der Waals surface area contributed by atoms with Crippen molar-refractivity contribution in [3.8, 4) is 0 Å². The fraction of sp³-hybridized carbons (Fsp3) is 0.538. The van der Waals surface area contributed by atoms with Crippen LogP contribution in [0.25, 0.3) is 0 Å². The van der Waals surface area contributed by atoms with Crippen molar-refractivity contribution in [1.29, 1.82) is 0 Å². The number of fused-ring (bicyclic) bond motifs is 1. The molecule has 0 atom stereocenters. The molecule has 17 heavy (non-hydrogen) atoms. The van der Waals surface area contributed by atoms with Crippen LogP contribution in [0.3, 0.4) is 0 Å². The zero-order valence-electron chi connectivity index (χ0n) is 10.3. The maximum atomic E-state index is 11.9. The standard InChI is InChI=1S/C13H18N2O2/c1-10(2)17-9-13(16)15-7-5-12-11(8-15)4-3-6-14-12/h3-4,6,10H,5,7-9H2,1-2H3. The average molecular weight is 234 g/mol. The molecule has 1 aromatic rings. The number of nitrogens with zero attached hydrogens (tertiary/aromatic N) is 2. The molecule has 0 unspecified atom stereocenters. The normalized spacial score (nSPS) is 14.9. The van der Waals surface area contributed by atoms with Crippen molar-refractivity contribution in [1.82, 2.24) is 9.88 Å². The predicted molar refractivity (Wildman–Crippen MR) is 64.4 cm³/mol. The molecular weight excluding hydrogens is 216 g/mol. The monoisotopic (exact) mass is 234 g/mol. The molecule has 4 nitrogen and oxygen atoms in total. The Hall–Kier alpha value is -1.42. The molecule has 0 aliphatic carbocycles. The minimum atomic E-state index is 0.0632. The minimum absolute atomic E-state index is 0.0632. The second-order valence-corrected chi connectivity index (χ2v) is 4.53. The second-order valence-electron chi connectivity index (χ2n) is 4.53. The Morgan fingerprint density at radius 3 is 3.18 bits per heavy atom. The molecule has 2 heterocycles. The topological polar surface area (TPSA) is 42.4 Å². The van der Waals surface area contributed by atoms with Gasteiger partial charge in [0.15, 0.2) is 0 Å². The van der Waals surface area contributed by atoms with Crippen LogP contribution in [0.15, 0.2) is 18.3 Å². The van der Waals surface area contributed by atoms with Crippen LogP contribution in [0, 0.1) is 0 Å². The maximum absolute atomic E-state index is 11.9. The summed E-state index contributed by atoms with van der Waals surface area (Å²) in [6.45, 7) is 5.44. The second kappa shape index (κ2) is 5.27. The van der Waals surface area contributed by atoms with E-state index < -0.39 is 0 Å². The summed E-state index contributed by atoms with van der Waals surface area (Å²) in [5, 5.41) is 0. The van der Waals surface area contributed by atoms with Crippen molar-refractivity contribution in [3.05, 3.63) is 29.6 Å². The van der Waals surface area contributed by atoms with Crippen molar-refractivity contribution >= 4 is 5.91 Å². The molecular formula is C13H18N2O2. The summed E-state index contributed by atoms with van der Waals surface area (Å²) < 4.78 is 5.34. The van der Waals surface area contributed by atoms with Crippen molar-refractivity contribution in [2.75, 3.05) is 13.2 Å². The molecule has 0 fully saturated rings. The van der Waals surface area contributed by atoms with Crippen LogP contribution in [0.4, 0.5) is 0 Å². The molecule has 0 spiro atoms. The van der Waals surface area contributed by atoms with E-state index in [-0.39, 0.29) is 18.6 Å². The fourth-order valence-electron chi connectivity index (χ4n) is 1.91. The highest BCUT2D eigenvalue weighted by Crippen LogP contribution is 2.16. The summed E-state index contributed by atoms with van der Waals surface area (Å²) in [4.78, 5) is 18.1. The van der Waals surface area contributed by atoms with Crippen LogP contribution >= 0.6 is 0 Å². The number of amides is 1. The summed E-state index contributed by atoms with van der Waals surface area (Å²) in [5.74, 6) is 0.0632. The molecule has 0 bridgehead atoms. The third kappa shape index (κ3) is 3.03. The minimum Gasteiger partial charge on any atom is -0.369 e. The number of hydrogen-bond acceptors (Lipinski definition) is 3. The molecule has 1 aliphatic heterocycles. The lowest BCUT2D eigenvalue weighted by atomic mass is 10.1. The Morgan fingerprint density at radius 2 is 2.41 bits per heavy atom. The van der Waals surface area contributed by atoms with Gasteiger partial charge in [-0.3, -0.25) is 9.78 Å². The van der Waals surface area contributed by atoms with E-state index in [4.69, 9.17) is 4.74 Å². The van der Waals surface area contributed by atoms with Gasteiger partial charge in [-0.05, 0) is 25.5 Å². The highest BCUT2D eigenvalue weighted by atomic mass is 16.5. The molecule has 0 saturated carbocycles. The van der Waals surface area contributed by atoms with E-state index in [0.29, 0.717) is 6.54 Å². The first-order chi connectivity index (χ1) is 8.16. The van der Waals surface area contributed by atoms with Crippen molar-refractivity contribution < 1.29 is 9.53 Å². The van der Waals surface area contributed by atoms with E-state index in [1.807, 2.05) is 30.9 Å². The summed E-state index contributed by atoms with van der Waals surface area (Å²) in [6.07, 6.45) is 2.74. The van der Waals surface area contributed by atoms with Crippen LogP contribution in [0.2, 0.25) is 0 Å². The molecule has 92 valence electrons. The lowest BCUT2D eigenvalue weighted by molar-refractivity contribution is -0.138. The highest BCUT2D eigenvalue weighted by molar-refractivity contribution is 5.77. The lowest BCUT2D eigenvalue weighted by Gasteiger charge is -2.28. The zero-order chi connectivity index (χ0) is 12.3. The van der Waals surface area contributed by atoms with E-state index in [0.717, 1.165) is 24.2 Å². The molecule has 1 aliphatic rings. The van der Waals surface area contributed by atoms with Crippen molar-refractivity contribution in [2.24, 2.45) is 0 Å². The van der Waals surface area contributed by atoms with Gasteiger partial charge in [0.05, 0.1) is 6.10 Å². The van der Waals surface area contributed by atoms with E-state index in [2.05, 4.69) is 4.98 Å². The molecule has 0 saturated heterocycles. The van der Waals surface area contributed by atoms with Crippen LogP contribution in [0.5, 0.6) is 0 Å². The maximum Gasteiger partial charge on any atom is 0.248 e. The third-order valence-electron chi connectivity index (χ3n) is 2.86. The molecule has 2 rings (SSSR count). The molecule has 4 heteroatoms. The number of aromatic nitrogens is 1. The molecule has 1 aromatic heterocycles. The highest BCUT2D eigenvalue weighted by Gasteiger charge is 2.21. The van der Waals surface area contributed by atoms with Gasteiger partial charge < -0.3 is 9.64 Å². The number of carbonyl (C=O) groups is 1. The van der Waals surface area contributed by atoms with Crippen molar-refractivity contribution in [3.63, 3.8) is 0 Å². The van der Waals surface area contributed by atoms with Gasteiger partial charge in [0.25, 0.3) is 0 Å². The molecule has 0 radical (unpaired) electrons. The SMILES string of the molecule is CC(C)OCC(=O)N1CCc2ncccc2C1. The fourth-order valence-corrected chi connectivity index (χ4v) is 1.91. The first-order valence-corrected chi connectivity index (χ1v) is 5.99. The number of ether oxygens (including phenoxy) is 1. The van der Waals surface area contributed by atoms with E-state index in [9.17, 15) is 4.79 Å². The van der Waals surface area contributed by atoms with E-state index >= 15 is 0 Å². The number of rotatable bonds is 3. The average Bonchev–Trinajstić information content (AvgIpc) is 2.35. The summed E-state index contributed by atoms with van der Waals surface area (Å²) >= 11 is 0. The van der Waals surface area contributed by atoms with E-state index in [1.165, 1.54) is 0 Å². The molecule has 1 amide bonds. The van der Waals surface area contributed by atoms with Crippen LogP contribution in [-0.2, 0) is 22.5 Å². The Labute approximate surface area is 102 Å². The van der Waals surface area contributed by atoms with Crippen LogP contribution < -0.4 is 0 Å². The quantitative estimate of drug-likeness (QED) is 0.793. The lowest BCUT2D eigenvalue weighted by Crippen LogP contribution is -2.38. The Balaban J connectivity index is 1.95. The van der Waals surface area contributed by atoms with E-state index in [1.54, 1.807) is 6.20 Å².